The van der Waals surface area contributed by atoms with Gasteiger partial charge in [0.15, 0.2) is 4.45 Å². The first-order chi connectivity index (χ1) is 10.1. The van der Waals surface area contributed by atoms with Gasteiger partial charge in [-0.1, -0.05) is 46.8 Å². The smallest absolute Gasteiger partial charge is 0.243 e. The van der Waals surface area contributed by atoms with Crippen LogP contribution in [0.15, 0.2) is 11.8 Å². The molecule has 0 spiro atoms. The SMILES string of the molecule is CCCC1(Br)C(F)C(C)C=C(C(F)(C(F)(F)F)C(F)(F)F)N1F. The first-order valence-corrected chi connectivity index (χ1v) is 7.27. The fraction of sp³-hybridized carbons (Fsp3) is 0.833. The lowest BCUT2D eigenvalue weighted by Gasteiger charge is -2.46. The highest BCUT2D eigenvalue weighted by Gasteiger charge is 2.77. The minimum absolute atomic E-state index is 0.0131. The predicted molar refractivity (Wildman–Crippen MR) is 67.6 cm³/mol. The minimum atomic E-state index is -6.47. The Labute approximate surface area is 134 Å². The Morgan fingerprint density at radius 3 is 1.91 bits per heavy atom. The second-order valence-corrected chi connectivity index (χ2v) is 6.69. The van der Waals surface area contributed by atoms with E-state index in [1.165, 1.54) is 6.92 Å². The van der Waals surface area contributed by atoms with E-state index < -0.39 is 51.8 Å². The summed E-state index contributed by atoms with van der Waals surface area (Å²) in [6.45, 7) is 2.36. The summed E-state index contributed by atoms with van der Waals surface area (Å²) in [5.41, 5.74) is -8.26. The number of rotatable bonds is 3. The Hall–Kier alpha value is -0.610. The largest absolute Gasteiger partial charge is 0.437 e. The van der Waals surface area contributed by atoms with Crippen molar-refractivity contribution in [2.45, 2.75) is 55.3 Å². The van der Waals surface area contributed by atoms with Gasteiger partial charge in [-0.15, -0.1) is 0 Å². The summed E-state index contributed by atoms with van der Waals surface area (Å²) < 4.78 is 117. The zero-order valence-electron chi connectivity index (χ0n) is 11.9. The van der Waals surface area contributed by atoms with Crippen molar-refractivity contribution in [1.82, 2.24) is 5.12 Å². The lowest BCUT2D eigenvalue weighted by molar-refractivity contribution is -0.338. The summed E-state index contributed by atoms with van der Waals surface area (Å²) in [6.07, 6.45) is -15.6. The quantitative estimate of drug-likeness (QED) is 0.242. The first-order valence-electron chi connectivity index (χ1n) is 6.48. The third-order valence-corrected chi connectivity index (χ3v) is 4.72. The van der Waals surface area contributed by atoms with E-state index in [9.17, 15) is 39.6 Å². The highest BCUT2D eigenvalue weighted by Crippen LogP contribution is 2.56. The molecule has 0 aromatic heterocycles. The van der Waals surface area contributed by atoms with Crippen molar-refractivity contribution in [2.75, 3.05) is 0 Å². The molecule has 3 unspecified atom stereocenters. The Morgan fingerprint density at radius 2 is 1.57 bits per heavy atom. The summed E-state index contributed by atoms with van der Waals surface area (Å²) in [7, 11) is 0. The summed E-state index contributed by atoms with van der Waals surface area (Å²) in [6, 6.07) is 0. The summed E-state index contributed by atoms with van der Waals surface area (Å²) in [5.74, 6) is -1.57. The van der Waals surface area contributed by atoms with E-state index in [-0.39, 0.29) is 12.5 Å². The van der Waals surface area contributed by atoms with Crippen LogP contribution in [-0.2, 0) is 0 Å². The zero-order chi connectivity index (χ0) is 18.4. The van der Waals surface area contributed by atoms with Gasteiger partial charge in [-0.05, 0) is 6.42 Å². The fourth-order valence-corrected chi connectivity index (χ4v) is 3.40. The molecule has 0 amide bonds. The first kappa shape index (κ1) is 20.4. The number of halogens is 10. The van der Waals surface area contributed by atoms with Crippen molar-refractivity contribution in [1.29, 1.82) is 0 Å². The van der Waals surface area contributed by atoms with E-state index in [1.54, 1.807) is 0 Å². The van der Waals surface area contributed by atoms with Crippen LogP contribution in [0.3, 0.4) is 0 Å². The zero-order valence-corrected chi connectivity index (χ0v) is 13.5. The normalized spacial score (nSPS) is 30.4. The van der Waals surface area contributed by atoms with Crippen LogP contribution in [0.25, 0.3) is 0 Å². The van der Waals surface area contributed by atoms with E-state index in [0.29, 0.717) is 0 Å². The summed E-state index contributed by atoms with van der Waals surface area (Å²) in [5, 5.41) is -1.12. The van der Waals surface area contributed by atoms with Crippen LogP contribution in [0.1, 0.15) is 26.7 Å². The van der Waals surface area contributed by atoms with Gasteiger partial charge in [-0.3, -0.25) is 0 Å². The van der Waals surface area contributed by atoms with Crippen molar-refractivity contribution in [2.24, 2.45) is 5.92 Å². The standard InChI is InChI=1S/C12H13BrF9N/c1-3-4-9(13)8(14)6(2)5-7(23(9)22)10(15,11(16,17)18)12(19,20)21/h5-6,8H,3-4H2,1-2H3. The third-order valence-electron chi connectivity index (χ3n) is 3.58. The molecule has 1 aliphatic rings. The highest BCUT2D eigenvalue weighted by atomic mass is 79.9. The lowest BCUT2D eigenvalue weighted by atomic mass is 9.86. The predicted octanol–water partition coefficient (Wildman–Crippen LogP) is 5.77. The van der Waals surface area contributed by atoms with Gasteiger partial charge in [0.1, 0.15) is 11.9 Å². The molecule has 1 rings (SSSR count). The van der Waals surface area contributed by atoms with Gasteiger partial charge < -0.3 is 0 Å². The minimum Gasteiger partial charge on any atom is -0.243 e. The Kier molecular flexibility index (Phi) is 5.36. The molecule has 0 fully saturated rings. The maximum atomic E-state index is 14.3. The van der Waals surface area contributed by atoms with Gasteiger partial charge in [-0.25, -0.2) is 8.78 Å². The maximum Gasteiger partial charge on any atom is 0.437 e. The van der Waals surface area contributed by atoms with Crippen LogP contribution in [-0.4, -0.2) is 33.8 Å². The molecule has 0 N–H and O–H groups in total. The number of allylic oxidation sites excluding steroid dienone is 2. The number of nitrogens with zero attached hydrogens (tertiary/aromatic N) is 1. The monoisotopic (exact) mass is 421 g/mol. The van der Waals surface area contributed by atoms with Crippen molar-refractivity contribution < 1.29 is 39.6 Å². The van der Waals surface area contributed by atoms with Gasteiger partial charge in [0.2, 0.25) is 0 Å². The molecular weight excluding hydrogens is 409 g/mol. The van der Waals surface area contributed by atoms with Crippen LogP contribution in [0.4, 0.5) is 39.6 Å². The van der Waals surface area contributed by atoms with Gasteiger partial charge in [0, 0.05) is 5.92 Å². The molecule has 136 valence electrons. The van der Waals surface area contributed by atoms with Crippen LogP contribution >= 0.6 is 15.9 Å². The van der Waals surface area contributed by atoms with Crippen LogP contribution in [0, 0.1) is 5.92 Å². The van der Waals surface area contributed by atoms with E-state index >= 15 is 0 Å². The van der Waals surface area contributed by atoms with Gasteiger partial charge in [-0.2, -0.15) is 31.5 Å². The highest BCUT2D eigenvalue weighted by molar-refractivity contribution is 9.10. The van der Waals surface area contributed by atoms with Crippen LogP contribution in [0.5, 0.6) is 0 Å². The van der Waals surface area contributed by atoms with E-state index in [4.69, 9.17) is 0 Å². The Morgan fingerprint density at radius 1 is 1.13 bits per heavy atom. The average Bonchev–Trinajstić information content (AvgIpc) is 2.38. The van der Waals surface area contributed by atoms with Crippen LogP contribution in [0.2, 0.25) is 0 Å². The molecule has 0 aromatic carbocycles. The molecule has 1 aliphatic heterocycles. The van der Waals surface area contributed by atoms with Crippen molar-refractivity contribution in [3.8, 4) is 0 Å². The topological polar surface area (TPSA) is 3.24 Å². The molecule has 0 saturated heterocycles. The Bertz CT molecular complexity index is 458. The molecule has 11 heteroatoms. The number of hydrogen-bond donors (Lipinski definition) is 0. The summed E-state index contributed by atoms with van der Waals surface area (Å²) in [4.78, 5) is 0. The molecule has 0 radical (unpaired) electrons. The number of hydrogen-bond acceptors (Lipinski definition) is 1. The van der Waals surface area contributed by atoms with Crippen molar-refractivity contribution in [3.05, 3.63) is 11.8 Å². The molecule has 0 saturated carbocycles. The Balaban J connectivity index is 3.58. The van der Waals surface area contributed by atoms with E-state index in [0.717, 1.165) is 6.92 Å². The van der Waals surface area contributed by atoms with Crippen molar-refractivity contribution in [3.63, 3.8) is 0 Å². The van der Waals surface area contributed by atoms with Gasteiger partial charge in [0.25, 0.3) is 0 Å². The molecule has 23 heavy (non-hydrogen) atoms. The van der Waals surface area contributed by atoms with Crippen LogP contribution < -0.4 is 0 Å². The molecule has 0 aromatic rings. The molecule has 0 aliphatic carbocycles. The maximum absolute atomic E-state index is 14.3. The third kappa shape index (κ3) is 3.05. The molecular formula is C12H13BrF9N. The summed E-state index contributed by atoms with van der Waals surface area (Å²) >= 11 is 2.53. The molecule has 3 atom stereocenters. The average molecular weight is 422 g/mol. The van der Waals surface area contributed by atoms with E-state index in [1.807, 2.05) is 0 Å². The molecule has 0 bridgehead atoms. The van der Waals surface area contributed by atoms with E-state index in [2.05, 4.69) is 15.9 Å². The fourth-order valence-electron chi connectivity index (χ4n) is 2.40. The number of alkyl halides is 9. The van der Waals surface area contributed by atoms with Crippen molar-refractivity contribution >= 4 is 15.9 Å². The van der Waals surface area contributed by atoms with Gasteiger partial charge >= 0.3 is 18.0 Å². The molecule has 1 nitrogen and oxygen atoms in total. The second-order valence-electron chi connectivity index (χ2n) is 5.32. The second kappa shape index (κ2) is 6.03. The lowest BCUT2D eigenvalue weighted by Crippen LogP contribution is -2.62. The molecule has 1 heterocycles. The van der Waals surface area contributed by atoms with Gasteiger partial charge in [0.05, 0.1) is 0 Å².